The van der Waals surface area contributed by atoms with Crippen LogP contribution in [0, 0.1) is 5.92 Å². The van der Waals surface area contributed by atoms with Crippen LogP contribution in [0.5, 0.6) is 0 Å². The van der Waals surface area contributed by atoms with Crippen LogP contribution in [-0.4, -0.2) is 20.0 Å². The number of hydrogen-bond acceptors (Lipinski definition) is 3. The molecule has 1 aliphatic rings. The van der Waals surface area contributed by atoms with Crippen LogP contribution in [0.1, 0.15) is 25.7 Å². The predicted octanol–water partition coefficient (Wildman–Crippen LogP) is 2.87. The van der Waals surface area contributed by atoms with Gasteiger partial charge >= 0.3 is 0 Å². The maximum Gasteiger partial charge on any atom is 0.178 e. The van der Waals surface area contributed by atoms with Crippen molar-refractivity contribution >= 4 is 27.2 Å². The molecule has 18 heavy (non-hydrogen) atoms. The van der Waals surface area contributed by atoms with Gasteiger partial charge in [-0.3, -0.25) is 4.79 Å². The molecule has 0 spiro atoms. The first-order valence-corrected chi connectivity index (χ1v) is 8.03. The molecule has 1 fully saturated rings. The molecule has 2 rings (SSSR count). The van der Waals surface area contributed by atoms with Crippen molar-refractivity contribution in [1.29, 1.82) is 0 Å². The van der Waals surface area contributed by atoms with Crippen molar-refractivity contribution in [1.82, 2.24) is 0 Å². The number of Topliss-reactive ketones (excluding diaryl/α,β-unsaturated/α-hetero) is 1. The molecule has 1 aliphatic carbocycles. The van der Waals surface area contributed by atoms with Crippen molar-refractivity contribution in [2.45, 2.75) is 30.6 Å². The van der Waals surface area contributed by atoms with Crippen molar-refractivity contribution < 1.29 is 13.2 Å². The maximum absolute atomic E-state index is 12.1. The van der Waals surface area contributed by atoms with Gasteiger partial charge in [0.05, 0.1) is 10.6 Å². The van der Waals surface area contributed by atoms with Crippen molar-refractivity contribution in [3.8, 4) is 0 Å². The standard InChI is InChI=1S/C13H15ClO3S/c14-11-4-6-12(7-5-11)18(16,17)9-8-10-2-1-3-13(10)15/h4-7,10H,1-3,8-9H2. The Kier molecular flexibility index (Phi) is 4.07. The van der Waals surface area contributed by atoms with Gasteiger partial charge in [-0.1, -0.05) is 11.6 Å². The van der Waals surface area contributed by atoms with E-state index in [2.05, 4.69) is 0 Å². The number of halogens is 1. The van der Waals surface area contributed by atoms with Crippen LogP contribution in [0.25, 0.3) is 0 Å². The van der Waals surface area contributed by atoms with E-state index in [9.17, 15) is 13.2 Å². The summed E-state index contributed by atoms with van der Waals surface area (Å²) in [5, 5.41) is 0.514. The summed E-state index contributed by atoms with van der Waals surface area (Å²) in [5.41, 5.74) is 0. The fourth-order valence-corrected chi connectivity index (χ4v) is 3.76. The third kappa shape index (κ3) is 3.12. The fourth-order valence-electron chi connectivity index (χ4n) is 2.25. The zero-order valence-electron chi connectivity index (χ0n) is 9.93. The van der Waals surface area contributed by atoms with Crippen molar-refractivity contribution in [3.63, 3.8) is 0 Å². The summed E-state index contributed by atoms with van der Waals surface area (Å²) < 4.78 is 24.1. The molecular weight excluding hydrogens is 272 g/mol. The Labute approximate surface area is 112 Å². The molecule has 3 nitrogen and oxygen atoms in total. The molecule has 1 unspecified atom stereocenters. The minimum Gasteiger partial charge on any atom is -0.299 e. The lowest BCUT2D eigenvalue weighted by Crippen LogP contribution is -2.14. The van der Waals surface area contributed by atoms with E-state index in [0.29, 0.717) is 17.9 Å². The van der Waals surface area contributed by atoms with Gasteiger partial charge in [-0.05, 0) is 43.5 Å². The van der Waals surface area contributed by atoms with Crippen molar-refractivity contribution in [3.05, 3.63) is 29.3 Å². The second kappa shape index (κ2) is 5.41. The number of carbonyl (C=O) groups excluding carboxylic acids is 1. The molecule has 0 radical (unpaired) electrons. The minimum atomic E-state index is -3.30. The van der Waals surface area contributed by atoms with Gasteiger partial charge in [-0.15, -0.1) is 0 Å². The van der Waals surface area contributed by atoms with E-state index in [0.717, 1.165) is 12.8 Å². The lowest BCUT2D eigenvalue weighted by molar-refractivity contribution is -0.120. The van der Waals surface area contributed by atoms with Crippen LogP contribution < -0.4 is 0 Å². The first-order chi connectivity index (χ1) is 8.49. The summed E-state index contributed by atoms with van der Waals surface area (Å²) in [6.07, 6.45) is 2.76. The van der Waals surface area contributed by atoms with E-state index in [1.807, 2.05) is 0 Å². The van der Waals surface area contributed by atoms with Gasteiger partial charge in [0.25, 0.3) is 0 Å². The highest BCUT2D eigenvalue weighted by atomic mass is 35.5. The van der Waals surface area contributed by atoms with Crippen LogP contribution in [0.4, 0.5) is 0 Å². The summed E-state index contributed by atoms with van der Waals surface area (Å²) in [6.45, 7) is 0. The lowest BCUT2D eigenvalue weighted by Gasteiger charge is -2.08. The molecule has 1 atom stereocenters. The molecule has 5 heteroatoms. The number of ketones is 1. The number of benzene rings is 1. The SMILES string of the molecule is O=C1CCCC1CCS(=O)(=O)c1ccc(Cl)cc1. The monoisotopic (exact) mass is 286 g/mol. The summed E-state index contributed by atoms with van der Waals surface area (Å²) in [6, 6.07) is 6.15. The van der Waals surface area contributed by atoms with Crippen LogP contribution >= 0.6 is 11.6 Å². The molecule has 0 amide bonds. The molecule has 98 valence electrons. The first kappa shape index (κ1) is 13.6. The molecule has 1 aromatic rings. The number of rotatable bonds is 4. The predicted molar refractivity (Wildman–Crippen MR) is 70.5 cm³/mol. The number of hydrogen-bond donors (Lipinski definition) is 0. The number of carbonyl (C=O) groups is 1. The molecule has 0 heterocycles. The summed E-state index contributed by atoms with van der Waals surface area (Å²) in [4.78, 5) is 11.7. The van der Waals surface area contributed by atoms with Crippen molar-refractivity contribution in [2.24, 2.45) is 5.92 Å². The highest BCUT2D eigenvalue weighted by Crippen LogP contribution is 2.26. The molecule has 0 saturated heterocycles. The zero-order valence-corrected chi connectivity index (χ0v) is 11.5. The third-order valence-corrected chi connectivity index (χ3v) is 5.35. The normalized spacial score (nSPS) is 20.3. The quantitative estimate of drug-likeness (QED) is 0.855. The van der Waals surface area contributed by atoms with Crippen LogP contribution in [0.3, 0.4) is 0 Å². The molecule has 0 aliphatic heterocycles. The topological polar surface area (TPSA) is 51.2 Å². The molecule has 1 saturated carbocycles. The smallest absolute Gasteiger partial charge is 0.178 e. The van der Waals surface area contributed by atoms with Gasteiger partial charge in [-0.2, -0.15) is 0 Å². The van der Waals surface area contributed by atoms with Gasteiger partial charge in [0.2, 0.25) is 0 Å². The Hall–Kier alpha value is -0.870. The largest absolute Gasteiger partial charge is 0.299 e. The molecular formula is C13H15ClO3S. The Morgan fingerprint density at radius 3 is 2.44 bits per heavy atom. The van der Waals surface area contributed by atoms with Gasteiger partial charge in [0.1, 0.15) is 5.78 Å². The highest BCUT2D eigenvalue weighted by Gasteiger charge is 2.26. The Morgan fingerprint density at radius 1 is 1.22 bits per heavy atom. The molecule has 0 bridgehead atoms. The van der Waals surface area contributed by atoms with E-state index in [1.165, 1.54) is 12.1 Å². The molecule has 1 aromatic carbocycles. The average molecular weight is 287 g/mol. The van der Waals surface area contributed by atoms with Gasteiger partial charge in [0.15, 0.2) is 9.84 Å². The van der Waals surface area contributed by atoms with Gasteiger partial charge in [-0.25, -0.2) is 8.42 Å². The van der Waals surface area contributed by atoms with E-state index < -0.39 is 9.84 Å². The Bertz CT molecular complexity index is 534. The summed E-state index contributed by atoms with van der Waals surface area (Å²) in [7, 11) is -3.30. The summed E-state index contributed by atoms with van der Waals surface area (Å²) >= 11 is 5.72. The van der Waals surface area contributed by atoms with E-state index in [-0.39, 0.29) is 22.3 Å². The van der Waals surface area contributed by atoms with E-state index in [4.69, 9.17) is 11.6 Å². The molecule has 0 N–H and O–H groups in total. The lowest BCUT2D eigenvalue weighted by atomic mass is 10.1. The van der Waals surface area contributed by atoms with Crippen LogP contribution in [0.15, 0.2) is 29.2 Å². The zero-order chi connectivity index (χ0) is 13.2. The fraction of sp³-hybridized carbons (Fsp3) is 0.462. The first-order valence-electron chi connectivity index (χ1n) is 6.00. The third-order valence-electron chi connectivity index (χ3n) is 3.34. The summed E-state index contributed by atoms with van der Waals surface area (Å²) in [5.74, 6) is 0.179. The molecule has 0 aromatic heterocycles. The van der Waals surface area contributed by atoms with E-state index >= 15 is 0 Å². The highest BCUT2D eigenvalue weighted by molar-refractivity contribution is 7.91. The van der Waals surface area contributed by atoms with Crippen LogP contribution in [0.2, 0.25) is 5.02 Å². The van der Waals surface area contributed by atoms with E-state index in [1.54, 1.807) is 12.1 Å². The maximum atomic E-state index is 12.1. The Balaban J connectivity index is 2.03. The second-order valence-corrected chi connectivity index (χ2v) is 7.16. The Morgan fingerprint density at radius 2 is 1.89 bits per heavy atom. The van der Waals surface area contributed by atoms with Crippen LogP contribution in [-0.2, 0) is 14.6 Å². The second-order valence-electron chi connectivity index (χ2n) is 4.62. The number of sulfone groups is 1. The van der Waals surface area contributed by atoms with Gasteiger partial charge in [0, 0.05) is 17.4 Å². The van der Waals surface area contributed by atoms with Gasteiger partial charge < -0.3 is 0 Å². The minimum absolute atomic E-state index is 0.0328. The van der Waals surface area contributed by atoms with Crippen molar-refractivity contribution in [2.75, 3.05) is 5.75 Å². The average Bonchev–Trinajstić information content (AvgIpc) is 2.73.